The second-order valence-electron chi connectivity index (χ2n) is 2.46. The van der Waals surface area contributed by atoms with E-state index in [4.69, 9.17) is 0 Å². The van der Waals surface area contributed by atoms with E-state index in [9.17, 15) is 14.7 Å². The monoisotopic (exact) mass is 192 g/mol. The van der Waals surface area contributed by atoms with Crippen LogP contribution in [0.5, 0.6) is 0 Å². The van der Waals surface area contributed by atoms with E-state index in [1.807, 2.05) is 0 Å². The molecule has 0 saturated heterocycles. The molecule has 13 heavy (non-hydrogen) atoms. The molecule has 0 aliphatic carbocycles. The van der Waals surface area contributed by atoms with Gasteiger partial charge >= 0.3 is 11.9 Å². The minimum Gasteiger partial charge on any atom is -0.378 e. The molecule has 0 spiro atoms. The van der Waals surface area contributed by atoms with Crippen LogP contribution in [0.15, 0.2) is 0 Å². The average molecular weight is 192 g/mol. The number of carbonyl (C=O) groups is 2. The molecule has 7 nitrogen and oxygen atoms in total. The molecule has 0 saturated carbocycles. The molecule has 7 heteroatoms. The van der Waals surface area contributed by atoms with Gasteiger partial charge in [-0.3, -0.25) is 4.79 Å². The van der Waals surface area contributed by atoms with Crippen molar-refractivity contribution in [2.75, 3.05) is 0 Å². The Balaban J connectivity index is 4.45. The van der Waals surface area contributed by atoms with Gasteiger partial charge in [-0.2, -0.15) is 11.8 Å². The molecule has 1 atom stereocenters. The number of hydrogen-bond acceptors (Lipinski definition) is 7. The van der Waals surface area contributed by atoms with Crippen LogP contribution < -0.4 is 11.8 Å². The summed E-state index contributed by atoms with van der Waals surface area (Å²) >= 11 is 0. The quantitative estimate of drug-likeness (QED) is 0.455. The van der Waals surface area contributed by atoms with Gasteiger partial charge < -0.3 is 14.8 Å². The van der Waals surface area contributed by atoms with Crippen molar-refractivity contribution in [1.82, 2.24) is 0 Å². The van der Waals surface area contributed by atoms with Crippen molar-refractivity contribution in [3.05, 3.63) is 0 Å². The molecule has 0 aliphatic heterocycles. The number of aliphatic hydroxyl groups is 1. The highest BCUT2D eigenvalue weighted by Gasteiger charge is 2.38. The van der Waals surface area contributed by atoms with E-state index in [-0.39, 0.29) is 6.42 Å². The molecular weight excluding hydrogens is 180 g/mol. The zero-order chi connectivity index (χ0) is 10.5. The van der Waals surface area contributed by atoms with Crippen molar-refractivity contribution in [3.63, 3.8) is 0 Å². The molecule has 0 heterocycles. The van der Waals surface area contributed by atoms with Crippen LogP contribution in [0, 0.1) is 0 Å². The minimum atomic E-state index is -1.97. The van der Waals surface area contributed by atoms with Crippen LogP contribution in [0.25, 0.3) is 0 Å². The Morgan fingerprint density at radius 2 is 1.92 bits per heavy atom. The molecular formula is C6H12N2O5. The van der Waals surface area contributed by atoms with Crippen LogP contribution in [0.2, 0.25) is 0 Å². The molecule has 0 fully saturated rings. The molecule has 0 rings (SSSR count). The zero-order valence-corrected chi connectivity index (χ0v) is 7.15. The lowest BCUT2D eigenvalue weighted by molar-refractivity contribution is -0.173. The molecule has 0 amide bonds. The van der Waals surface area contributed by atoms with Gasteiger partial charge in [0.1, 0.15) is 0 Å². The Morgan fingerprint density at radius 3 is 2.23 bits per heavy atom. The highest BCUT2D eigenvalue weighted by atomic mass is 16.7. The Labute approximate surface area is 74.5 Å². The Bertz CT molecular complexity index is 207. The highest BCUT2D eigenvalue weighted by Crippen LogP contribution is 2.16. The molecule has 0 aromatic rings. The van der Waals surface area contributed by atoms with Crippen LogP contribution in [0.3, 0.4) is 0 Å². The fourth-order valence-electron chi connectivity index (χ4n) is 0.732. The molecule has 0 aromatic carbocycles. The maximum atomic E-state index is 10.9. The van der Waals surface area contributed by atoms with Gasteiger partial charge in [-0.25, -0.2) is 4.79 Å². The van der Waals surface area contributed by atoms with Crippen LogP contribution in [0.1, 0.15) is 19.8 Å². The third-order valence-electron chi connectivity index (χ3n) is 1.64. The van der Waals surface area contributed by atoms with Crippen molar-refractivity contribution in [1.29, 1.82) is 0 Å². The van der Waals surface area contributed by atoms with Crippen molar-refractivity contribution in [2.24, 2.45) is 11.8 Å². The van der Waals surface area contributed by atoms with Crippen LogP contribution >= 0.6 is 0 Å². The van der Waals surface area contributed by atoms with Crippen molar-refractivity contribution in [3.8, 4) is 0 Å². The Morgan fingerprint density at radius 1 is 1.38 bits per heavy atom. The number of hydrogen-bond donors (Lipinski definition) is 3. The second kappa shape index (κ2) is 4.75. The molecule has 0 bridgehead atoms. The summed E-state index contributed by atoms with van der Waals surface area (Å²) < 4.78 is 0. The summed E-state index contributed by atoms with van der Waals surface area (Å²) in [7, 11) is 0. The summed E-state index contributed by atoms with van der Waals surface area (Å²) in [5.41, 5.74) is -1.97. The minimum absolute atomic E-state index is 0.0296. The SMILES string of the molecule is CCC(O)(CC(=O)ON)C(=O)ON. The van der Waals surface area contributed by atoms with E-state index in [2.05, 4.69) is 21.5 Å². The molecule has 0 aliphatic rings. The van der Waals surface area contributed by atoms with Gasteiger partial charge in [0.05, 0.1) is 6.42 Å². The third-order valence-corrected chi connectivity index (χ3v) is 1.64. The normalized spacial score (nSPS) is 14.5. The predicted molar refractivity (Wildman–Crippen MR) is 40.4 cm³/mol. The smallest absolute Gasteiger partial charge is 0.357 e. The van der Waals surface area contributed by atoms with Crippen LogP contribution in [0.4, 0.5) is 0 Å². The molecule has 5 N–H and O–H groups in total. The maximum absolute atomic E-state index is 10.9. The molecule has 0 aromatic heterocycles. The van der Waals surface area contributed by atoms with Gasteiger partial charge in [0, 0.05) is 0 Å². The number of rotatable bonds is 4. The van der Waals surface area contributed by atoms with E-state index >= 15 is 0 Å². The van der Waals surface area contributed by atoms with Crippen molar-refractivity contribution in [2.45, 2.75) is 25.4 Å². The summed E-state index contributed by atoms with van der Waals surface area (Å²) in [5, 5.41) is 9.48. The first-order valence-electron chi connectivity index (χ1n) is 3.53. The summed E-state index contributed by atoms with van der Waals surface area (Å²) in [6.07, 6.45) is -0.617. The van der Waals surface area contributed by atoms with Gasteiger partial charge in [-0.1, -0.05) is 6.92 Å². The van der Waals surface area contributed by atoms with Crippen molar-refractivity contribution < 1.29 is 24.4 Å². The molecule has 76 valence electrons. The number of nitrogens with two attached hydrogens (primary N) is 2. The summed E-state index contributed by atoms with van der Waals surface area (Å²) in [6.45, 7) is 1.49. The third kappa shape index (κ3) is 2.98. The van der Waals surface area contributed by atoms with Gasteiger partial charge in [0.2, 0.25) is 0 Å². The lowest BCUT2D eigenvalue weighted by Gasteiger charge is -2.20. The standard InChI is InChI=1S/C6H12N2O5/c1-2-6(11,5(10)13-8)3-4(9)12-7/h11H,2-3,7-8H2,1H3. The first-order chi connectivity index (χ1) is 6.00. The van der Waals surface area contributed by atoms with E-state index < -0.39 is 24.0 Å². The Kier molecular flexibility index (Phi) is 4.32. The first kappa shape index (κ1) is 11.8. The average Bonchev–Trinajstić information content (AvgIpc) is 2.15. The topological polar surface area (TPSA) is 125 Å². The van der Waals surface area contributed by atoms with Gasteiger partial charge in [-0.15, -0.1) is 0 Å². The lowest BCUT2D eigenvalue weighted by atomic mass is 9.97. The van der Waals surface area contributed by atoms with E-state index in [1.54, 1.807) is 0 Å². The van der Waals surface area contributed by atoms with Crippen LogP contribution in [-0.4, -0.2) is 22.6 Å². The summed E-state index contributed by atoms with van der Waals surface area (Å²) in [5.74, 6) is 7.07. The summed E-state index contributed by atoms with van der Waals surface area (Å²) in [4.78, 5) is 29.1. The fourth-order valence-corrected chi connectivity index (χ4v) is 0.732. The zero-order valence-electron chi connectivity index (χ0n) is 7.15. The van der Waals surface area contributed by atoms with E-state index in [1.165, 1.54) is 6.92 Å². The van der Waals surface area contributed by atoms with E-state index in [0.717, 1.165) is 0 Å². The Hall–Kier alpha value is -1.18. The maximum Gasteiger partial charge on any atom is 0.357 e. The lowest BCUT2D eigenvalue weighted by Crippen LogP contribution is -2.43. The fraction of sp³-hybridized carbons (Fsp3) is 0.667. The molecule has 1 unspecified atom stereocenters. The second-order valence-corrected chi connectivity index (χ2v) is 2.46. The van der Waals surface area contributed by atoms with Gasteiger partial charge in [0.15, 0.2) is 5.60 Å². The van der Waals surface area contributed by atoms with Crippen molar-refractivity contribution >= 4 is 11.9 Å². The highest BCUT2D eigenvalue weighted by molar-refractivity contribution is 5.85. The largest absolute Gasteiger partial charge is 0.378 e. The first-order valence-corrected chi connectivity index (χ1v) is 3.53. The van der Waals surface area contributed by atoms with Gasteiger partial charge in [-0.05, 0) is 6.42 Å². The number of carbonyl (C=O) groups excluding carboxylic acids is 2. The van der Waals surface area contributed by atoms with E-state index in [0.29, 0.717) is 0 Å². The van der Waals surface area contributed by atoms with Gasteiger partial charge in [0.25, 0.3) is 0 Å². The predicted octanol–water partition coefficient (Wildman–Crippen LogP) is -1.65. The van der Waals surface area contributed by atoms with Crippen LogP contribution in [-0.2, 0) is 19.3 Å². The molecule has 0 radical (unpaired) electrons. The summed E-state index contributed by atoms with van der Waals surface area (Å²) in [6, 6.07) is 0.